The van der Waals surface area contributed by atoms with Crippen molar-refractivity contribution >= 4 is 5.97 Å². The maximum Gasteiger partial charge on any atom is 0.341 e. The van der Waals surface area contributed by atoms with Gasteiger partial charge in [0.25, 0.3) is 0 Å². The van der Waals surface area contributed by atoms with Crippen molar-refractivity contribution in [2.24, 2.45) is 0 Å². The van der Waals surface area contributed by atoms with E-state index in [9.17, 15) is 50.0 Å². The molecule has 1 aliphatic rings. The fourth-order valence-corrected chi connectivity index (χ4v) is 3.59. The van der Waals surface area contributed by atoms with Gasteiger partial charge in [0.15, 0.2) is 40.7 Å². The Morgan fingerprint density at radius 1 is 0.824 bits per heavy atom. The Kier molecular flexibility index (Phi) is 5.28. The van der Waals surface area contributed by atoms with Gasteiger partial charge < -0.3 is 50.3 Å². The molecule has 0 unspecified atom stereocenters. The van der Waals surface area contributed by atoms with Crippen molar-refractivity contribution in [1.82, 2.24) is 0 Å². The Balaban J connectivity index is 1.77. The van der Waals surface area contributed by atoms with Gasteiger partial charge in [0.1, 0.15) is 28.9 Å². The SMILES string of the molecule is O=C(O[C@@H]1Cc2c(O)cc(O)cc2O[C@H]1c1cc(O)c(O)c(O)c1)c1cc(O)c(O)c(O)c1F. The molecule has 3 aromatic carbocycles. The van der Waals surface area contributed by atoms with Crippen molar-refractivity contribution in [3.8, 4) is 51.7 Å². The van der Waals surface area contributed by atoms with Crippen LogP contribution in [0.5, 0.6) is 51.7 Å². The molecule has 0 aromatic heterocycles. The van der Waals surface area contributed by atoms with Crippen molar-refractivity contribution < 1.29 is 59.5 Å². The highest BCUT2D eigenvalue weighted by Crippen LogP contribution is 2.46. The zero-order chi connectivity index (χ0) is 24.9. The second-order valence-electron chi connectivity index (χ2n) is 7.49. The number of halogens is 1. The number of carbonyl (C=O) groups is 1. The van der Waals surface area contributed by atoms with E-state index in [1.165, 1.54) is 0 Å². The Bertz CT molecular complexity index is 1300. The van der Waals surface area contributed by atoms with Crippen molar-refractivity contribution in [3.05, 3.63) is 52.8 Å². The van der Waals surface area contributed by atoms with Crippen LogP contribution in [0.4, 0.5) is 4.39 Å². The largest absolute Gasteiger partial charge is 0.508 e. The molecule has 2 atom stereocenters. The van der Waals surface area contributed by atoms with Gasteiger partial charge in [-0.2, -0.15) is 0 Å². The monoisotopic (exact) mass is 476 g/mol. The lowest BCUT2D eigenvalue weighted by molar-refractivity contribution is -0.0193. The van der Waals surface area contributed by atoms with Crippen molar-refractivity contribution in [2.45, 2.75) is 18.6 Å². The standard InChI is InChI=1S/C22H17FO11/c23-17-10(5-14(28)19(30)20(17)31)22(32)34-16-6-9-11(25)3-8(24)4-15(9)33-21(16)7-1-12(26)18(29)13(27)2-7/h1-5,16,21,24-31H,6H2/t16-,21+/m1/s1. The third-order valence-electron chi connectivity index (χ3n) is 5.26. The second-order valence-corrected chi connectivity index (χ2v) is 7.49. The highest BCUT2D eigenvalue weighted by atomic mass is 19.1. The Morgan fingerprint density at radius 2 is 1.44 bits per heavy atom. The molecule has 178 valence electrons. The van der Waals surface area contributed by atoms with Crippen LogP contribution in [0.25, 0.3) is 0 Å². The normalized spacial score (nSPS) is 17.0. The Hall–Kier alpha value is -4.74. The number of carbonyl (C=O) groups excluding carboxylic acids is 1. The number of esters is 1. The maximum absolute atomic E-state index is 14.4. The maximum atomic E-state index is 14.4. The Labute approximate surface area is 189 Å². The number of hydrogen-bond acceptors (Lipinski definition) is 11. The summed E-state index contributed by atoms with van der Waals surface area (Å²) in [6.07, 6.45) is -2.91. The molecule has 0 saturated carbocycles. The van der Waals surface area contributed by atoms with E-state index in [0.717, 1.165) is 24.3 Å². The summed E-state index contributed by atoms with van der Waals surface area (Å²) in [6, 6.07) is 4.72. The number of rotatable bonds is 3. The van der Waals surface area contributed by atoms with Gasteiger partial charge in [0, 0.05) is 35.7 Å². The second kappa shape index (κ2) is 7.99. The number of phenols is 8. The van der Waals surface area contributed by atoms with Crippen LogP contribution >= 0.6 is 0 Å². The lowest BCUT2D eigenvalue weighted by atomic mass is 9.93. The molecule has 8 N–H and O–H groups in total. The molecule has 4 rings (SSSR count). The molecule has 0 amide bonds. The van der Waals surface area contributed by atoms with E-state index in [1.54, 1.807) is 0 Å². The first-order valence-electron chi connectivity index (χ1n) is 9.58. The van der Waals surface area contributed by atoms with Crippen LogP contribution in [0, 0.1) is 5.82 Å². The van der Waals surface area contributed by atoms with Crippen LogP contribution in [-0.4, -0.2) is 52.9 Å². The quantitative estimate of drug-likeness (QED) is 0.204. The Morgan fingerprint density at radius 3 is 2.09 bits per heavy atom. The summed E-state index contributed by atoms with van der Waals surface area (Å²) in [5.41, 5.74) is -0.824. The van der Waals surface area contributed by atoms with Crippen LogP contribution in [0.1, 0.15) is 27.6 Å². The van der Waals surface area contributed by atoms with Crippen LogP contribution in [0.2, 0.25) is 0 Å². The molecular formula is C22H17FO11. The number of fused-ring (bicyclic) bond motifs is 1. The van der Waals surface area contributed by atoms with Gasteiger partial charge in [-0.15, -0.1) is 0 Å². The van der Waals surface area contributed by atoms with Gasteiger partial charge in [-0.3, -0.25) is 0 Å². The average Bonchev–Trinajstić information content (AvgIpc) is 2.78. The van der Waals surface area contributed by atoms with Gasteiger partial charge in [0.05, 0.1) is 0 Å². The third-order valence-corrected chi connectivity index (χ3v) is 5.26. The fraction of sp³-hybridized carbons (Fsp3) is 0.136. The summed E-state index contributed by atoms with van der Waals surface area (Å²) in [7, 11) is 0. The summed E-state index contributed by atoms with van der Waals surface area (Å²) < 4.78 is 25.4. The van der Waals surface area contributed by atoms with Crippen LogP contribution < -0.4 is 4.74 Å². The van der Waals surface area contributed by atoms with Gasteiger partial charge >= 0.3 is 5.97 Å². The molecular weight excluding hydrogens is 459 g/mol. The first-order chi connectivity index (χ1) is 16.0. The summed E-state index contributed by atoms with van der Waals surface area (Å²) in [6.45, 7) is 0. The molecule has 11 nitrogen and oxygen atoms in total. The molecule has 0 fully saturated rings. The number of hydrogen-bond donors (Lipinski definition) is 8. The van der Waals surface area contributed by atoms with E-state index >= 15 is 0 Å². The lowest BCUT2D eigenvalue weighted by Crippen LogP contribution is -2.35. The molecule has 0 bridgehead atoms. The van der Waals surface area contributed by atoms with E-state index in [1.807, 2.05) is 0 Å². The molecule has 1 aliphatic heterocycles. The zero-order valence-corrected chi connectivity index (χ0v) is 16.9. The molecule has 3 aromatic rings. The highest BCUT2D eigenvalue weighted by molar-refractivity contribution is 5.91. The molecule has 0 spiro atoms. The minimum Gasteiger partial charge on any atom is -0.508 e. The highest BCUT2D eigenvalue weighted by Gasteiger charge is 2.38. The number of aromatic hydroxyl groups is 8. The zero-order valence-electron chi connectivity index (χ0n) is 16.9. The van der Waals surface area contributed by atoms with E-state index in [4.69, 9.17) is 9.47 Å². The van der Waals surface area contributed by atoms with Gasteiger partial charge in [-0.05, 0) is 12.1 Å². The van der Waals surface area contributed by atoms with E-state index in [2.05, 4.69) is 0 Å². The average molecular weight is 476 g/mol. The van der Waals surface area contributed by atoms with Crippen molar-refractivity contribution in [1.29, 1.82) is 0 Å². The molecule has 1 heterocycles. The predicted octanol–water partition coefficient (Wildman–Crippen LogP) is 2.37. The summed E-state index contributed by atoms with van der Waals surface area (Å²) in [4.78, 5) is 12.7. The van der Waals surface area contributed by atoms with Crippen molar-refractivity contribution in [3.63, 3.8) is 0 Å². The smallest absolute Gasteiger partial charge is 0.341 e. The molecule has 0 saturated heterocycles. The molecule has 12 heteroatoms. The lowest BCUT2D eigenvalue weighted by Gasteiger charge is -2.34. The molecule has 0 radical (unpaired) electrons. The van der Waals surface area contributed by atoms with Crippen LogP contribution in [0.3, 0.4) is 0 Å². The fourth-order valence-electron chi connectivity index (χ4n) is 3.59. The van der Waals surface area contributed by atoms with Crippen LogP contribution in [-0.2, 0) is 11.2 Å². The first kappa shape index (κ1) is 22.5. The van der Waals surface area contributed by atoms with Gasteiger partial charge in [0.2, 0.25) is 5.75 Å². The van der Waals surface area contributed by atoms with Crippen LogP contribution in [0.15, 0.2) is 30.3 Å². The predicted molar refractivity (Wildman–Crippen MR) is 109 cm³/mol. The van der Waals surface area contributed by atoms with Gasteiger partial charge in [-0.25, -0.2) is 9.18 Å². The summed E-state index contributed by atoms with van der Waals surface area (Å²) in [5, 5.41) is 78.0. The van der Waals surface area contributed by atoms with Gasteiger partial charge in [-0.1, -0.05) is 0 Å². The van der Waals surface area contributed by atoms with E-state index in [-0.39, 0.29) is 29.0 Å². The van der Waals surface area contributed by atoms with E-state index in [0.29, 0.717) is 6.07 Å². The first-order valence-corrected chi connectivity index (χ1v) is 9.58. The number of ether oxygens (including phenoxy) is 2. The minimum atomic E-state index is -1.57. The van der Waals surface area contributed by atoms with Crippen molar-refractivity contribution in [2.75, 3.05) is 0 Å². The third kappa shape index (κ3) is 3.70. The number of benzene rings is 3. The van der Waals surface area contributed by atoms with E-state index < -0.39 is 69.8 Å². The molecule has 0 aliphatic carbocycles. The minimum absolute atomic E-state index is 0.00375. The topological polar surface area (TPSA) is 197 Å². The summed E-state index contributed by atoms with van der Waals surface area (Å²) in [5.74, 6) is -9.56. The molecule has 34 heavy (non-hydrogen) atoms. The summed E-state index contributed by atoms with van der Waals surface area (Å²) >= 11 is 0. The number of phenolic OH excluding ortho intramolecular Hbond substituents is 8.